The molecule has 1 spiro atoms. The molecule has 2 saturated heterocycles. The summed E-state index contributed by atoms with van der Waals surface area (Å²) in [6.07, 6.45) is 2.37. The van der Waals surface area contributed by atoms with Crippen LogP contribution in [0.4, 0.5) is 10.5 Å². The monoisotopic (exact) mass is 568 g/mol. The molecule has 2 heterocycles. The van der Waals surface area contributed by atoms with Gasteiger partial charge in [-0.25, -0.2) is 9.69 Å². The Balaban J connectivity index is 1.58. The average molecular weight is 569 g/mol. The topological polar surface area (TPSA) is 122 Å². The summed E-state index contributed by atoms with van der Waals surface area (Å²) in [7, 11) is 1.53. The van der Waals surface area contributed by atoms with Gasteiger partial charge in [-0.1, -0.05) is 48.2 Å². The molecule has 0 aromatic heterocycles. The highest BCUT2D eigenvalue weighted by atomic mass is 35.5. The van der Waals surface area contributed by atoms with Crippen molar-refractivity contribution >= 4 is 52.7 Å². The predicted molar refractivity (Wildman–Crippen MR) is 143 cm³/mol. The minimum Gasteiger partial charge on any atom is -0.481 e. The molecule has 2 aromatic carbocycles. The molecule has 3 aliphatic rings. The third-order valence-electron chi connectivity index (χ3n) is 8.32. The van der Waals surface area contributed by atoms with Gasteiger partial charge in [0.05, 0.1) is 35.7 Å². The number of carboxylic acid groups (broad SMARTS) is 1. The zero-order valence-electron chi connectivity index (χ0n) is 21.1. The molecule has 0 unspecified atom stereocenters. The second-order valence-corrected chi connectivity index (χ2v) is 11.2. The zero-order chi connectivity index (χ0) is 28.1. The van der Waals surface area contributed by atoms with Crippen molar-refractivity contribution < 1.29 is 24.3 Å². The van der Waals surface area contributed by atoms with E-state index in [1.807, 2.05) is 0 Å². The van der Waals surface area contributed by atoms with Gasteiger partial charge >= 0.3 is 12.0 Å². The van der Waals surface area contributed by atoms with E-state index in [1.165, 1.54) is 35.0 Å². The number of rotatable bonds is 4. The number of hydrogen-bond donors (Lipinski definition) is 1. The normalized spacial score (nSPS) is 26.8. The molecule has 1 saturated carbocycles. The highest BCUT2D eigenvalue weighted by molar-refractivity contribution is 6.35. The lowest BCUT2D eigenvalue weighted by Gasteiger charge is -2.34. The van der Waals surface area contributed by atoms with Gasteiger partial charge in [-0.05, 0) is 48.7 Å². The van der Waals surface area contributed by atoms with Crippen LogP contribution in [0.5, 0.6) is 0 Å². The Morgan fingerprint density at radius 2 is 1.64 bits per heavy atom. The Hall–Kier alpha value is -3.61. The van der Waals surface area contributed by atoms with Crippen LogP contribution >= 0.6 is 23.2 Å². The number of hydrogen-bond acceptors (Lipinski definition) is 5. The number of aliphatic carboxylic acids is 1. The Labute approximate surface area is 235 Å². The first-order valence-electron chi connectivity index (χ1n) is 12.7. The third-order valence-corrected chi connectivity index (χ3v) is 8.76. The number of carboxylic acids is 1. The van der Waals surface area contributed by atoms with Crippen LogP contribution in [0.3, 0.4) is 0 Å². The molecule has 9 nitrogen and oxygen atoms in total. The fourth-order valence-corrected chi connectivity index (χ4v) is 6.84. The number of amides is 4. The summed E-state index contributed by atoms with van der Waals surface area (Å²) >= 11 is 12.4. The smallest absolute Gasteiger partial charge is 0.332 e. The van der Waals surface area contributed by atoms with E-state index in [2.05, 4.69) is 6.07 Å². The van der Waals surface area contributed by atoms with Crippen LogP contribution in [0, 0.1) is 23.2 Å². The first-order chi connectivity index (χ1) is 18.6. The lowest BCUT2D eigenvalue weighted by atomic mass is 9.78. The molecule has 0 radical (unpaired) electrons. The molecular formula is C28H26Cl2N4O5. The number of carbonyl (C=O) groups is 4. The molecule has 202 valence electrons. The first kappa shape index (κ1) is 27.0. The molecule has 2 aliphatic heterocycles. The number of nitrogens with zero attached hydrogens (tertiary/aromatic N) is 4. The number of imide groups is 1. The minimum atomic E-state index is -1.46. The fraction of sp³-hybridized carbons (Fsp3) is 0.393. The van der Waals surface area contributed by atoms with Gasteiger partial charge in [0, 0.05) is 29.6 Å². The quantitative estimate of drug-likeness (QED) is 0.541. The maximum Gasteiger partial charge on any atom is 0.332 e. The number of nitriles is 1. The number of anilines is 1. The van der Waals surface area contributed by atoms with Crippen LogP contribution in [0.1, 0.15) is 42.7 Å². The van der Waals surface area contributed by atoms with Crippen molar-refractivity contribution in [2.24, 2.45) is 11.8 Å². The van der Waals surface area contributed by atoms with E-state index < -0.39 is 41.2 Å². The van der Waals surface area contributed by atoms with E-state index >= 15 is 0 Å². The summed E-state index contributed by atoms with van der Waals surface area (Å²) in [5, 5.41) is 19.6. The summed E-state index contributed by atoms with van der Waals surface area (Å²) in [5.41, 5.74) is -0.125. The van der Waals surface area contributed by atoms with Crippen LogP contribution in [0.25, 0.3) is 0 Å². The molecule has 4 atom stereocenters. The number of urea groups is 1. The SMILES string of the molecule is CN1C(=O)N(c2cc(Cl)cc(Cl)c2)C(=O)[C@]12CN(C(=O)[C@@H]1CCCC[C@@H]1C(=O)O)C[C@H]2c1ccc(C#N)cc1. The van der Waals surface area contributed by atoms with Crippen molar-refractivity contribution in [2.45, 2.75) is 37.1 Å². The van der Waals surface area contributed by atoms with E-state index in [0.717, 1.165) is 17.7 Å². The Kier molecular flexibility index (Phi) is 7.04. The Bertz CT molecular complexity index is 1390. The number of carbonyl (C=O) groups excluding carboxylic acids is 3. The van der Waals surface area contributed by atoms with Crippen molar-refractivity contribution in [1.29, 1.82) is 5.26 Å². The maximum absolute atomic E-state index is 14.3. The van der Waals surface area contributed by atoms with Crippen molar-refractivity contribution in [2.75, 3.05) is 25.0 Å². The highest BCUT2D eigenvalue weighted by Crippen LogP contribution is 2.47. The summed E-state index contributed by atoms with van der Waals surface area (Å²) in [5.74, 6) is -3.97. The van der Waals surface area contributed by atoms with Gasteiger partial charge in [-0.2, -0.15) is 5.26 Å². The van der Waals surface area contributed by atoms with Crippen LogP contribution in [-0.2, 0) is 14.4 Å². The van der Waals surface area contributed by atoms with E-state index in [-0.39, 0.29) is 34.7 Å². The van der Waals surface area contributed by atoms with Crippen LogP contribution in [0.2, 0.25) is 10.0 Å². The van der Waals surface area contributed by atoms with Crippen molar-refractivity contribution in [3.63, 3.8) is 0 Å². The van der Waals surface area contributed by atoms with Gasteiger partial charge in [0.15, 0.2) is 0 Å². The molecule has 1 aliphatic carbocycles. The van der Waals surface area contributed by atoms with Gasteiger partial charge in [0.1, 0.15) is 5.54 Å². The molecule has 39 heavy (non-hydrogen) atoms. The largest absolute Gasteiger partial charge is 0.481 e. The molecule has 5 rings (SSSR count). The predicted octanol–water partition coefficient (Wildman–Crippen LogP) is 4.52. The number of likely N-dealkylation sites (N-methyl/N-ethyl adjacent to an activating group) is 1. The Morgan fingerprint density at radius 3 is 2.23 bits per heavy atom. The standard InChI is InChI=1S/C28H26Cl2N4O5/c1-32-27(39)34(20-11-18(29)10-19(30)12-20)26(38)28(32)15-33(14-23(28)17-8-6-16(13-31)7-9-17)24(35)21-4-2-3-5-22(21)25(36)37/h6-12,21-23H,2-5,14-15H2,1H3,(H,36,37)/t21-,22+,23+,28-/m1/s1. The van der Waals surface area contributed by atoms with E-state index in [0.29, 0.717) is 24.0 Å². The average Bonchev–Trinajstić information content (AvgIpc) is 3.40. The van der Waals surface area contributed by atoms with Gasteiger partial charge < -0.3 is 14.9 Å². The minimum absolute atomic E-state index is 0.0921. The first-order valence-corrected chi connectivity index (χ1v) is 13.4. The second-order valence-electron chi connectivity index (χ2n) is 10.4. The van der Waals surface area contributed by atoms with Crippen LogP contribution < -0.4 is 4.90 Å². The third kappa shape index (κ3) is 4.42. The maximum atomic E-state index is 14.3. The molecule has 2 aromatic rings. The van der Waals surface area contributed by atoms with Crippen LogP contribution in [-0.4, -0.2) is 64.4 Å². The zero-order valence-corrected chi connectivity index (χ0v) is 22.7. The summed E-state index contributed by atoms with van der Waals surface area (Å²) in [6, 6.07) is 12.6. The van der Waals surface area contributed by atoms with Gasteiger partial charge in [-0.3, -0.25) is 14.4 Å². The number of halogens is 2. The lowest BCUT2D eigenvalue weighted by Crippen LogP contribution is -2.54. The van der Waals surface area contributed by atoms with Crippen molar-refractivity contribution in [1.82, 2.24) is 9.80 Å². The van der Waals surface area contributed by atoms with Crippen molar-refractivity contribution in [3.05, 3.63) is 63.6 Å². The van der Waals surface area contributed by atoms with E-state index in [1.54, 1.807) is 24.3 Å². The molecule has 0 bridgehead atoms. The molecular weight excluding hydrogens is 543 g/mol. The van der Waals surface area contributed by atoms with Gasteiger partial charge in [0.2, 0.25) is 5.91 Å². The molecule has 1 N–H and O–H groups in total. The lowest BCUT2D eigenvalue weighted by molar-refractivity contribution is -0.152. The highest BCUT2D eigenvalue weighted by Gasteiger charge is 2.65. The Morgan fingerprint density at radius 1 is 1.03 bits per heavy atom. The number of likely N-dealkylation sites (tertiary alicyclic amines) is 1. The summed E-state index contributed by atoms with van der Waals surface area (Å²) < 4.78 is 0. The molecule has 3 fully saturated rings. The van der Waals surface area contributed by atoms with E-state index in [4.69, 9.17) is 23.2 Å². The summed E-state index contributed by atoms with van der Waals surface area (Å²) in [4.78, 5) is 57.6. The van der Waals surface area contributed by atoms with Crippen LogP contribution in [0.15, 0.2) is 42.5 Å². The summed E-state index contributed by atoms with van der Waals surface area (Å²) in [6.45, 7) is 0.0201. The number of benzene rings is 2. The second kappa shape index (κ2) is 10.2. The fourth-order valence-electron chi connectivity index (χ4n) is 6.33. The van der Waals surface area contributed by atoms with E-state index in [9.17, 15) is 29.5 Å². The van der Waals surface area contributed by atoms with Gasteiger partial charge in [-0.15, -0.1) is 0 Å². The van der Waals surface area contributed by atoms with Gasteiger partial charge in [0.25, 0.3) is 5.91 Å². The van der Waals surface area contributed by atoms with Crippen molar-refractivity contribution in [3.8, 4) is 6.07 Å². The molecule has 11 heteroatoms. The molecule has 4 amide bonds.